The summed E-state index contributed by atoms with van der Waals surface area (Å²) in [6.07, 6.45) is 3.28. The zero-order valence-electron chi connectivity index (χ0n) is 14.3. The van der Waals surface area contributed by atoms with Crippen LogP contribution in [0.5, 0.6) is 5.75 Å². The van der Waals surface area contributed by atoms with Gasteiger partial charge in [-0.15, -0.1) is 0 Å². The molecule has 0 aliphatic rings. The molecule has 6 heteroatoms. The van der Waals surface area contributed by atoms with E-state index in [9.17, 15) is 4.79 Å². The standard InChI is InChI=1S/C19H21N3O3/c1-14(2)15-5-7-16(8-6-15)25-13-22-10-9-18(21-22)19(23)20-12-17-4-3-11-24-17/h3-11,14H,12-13H2,1-2H3,(H,20,23). The number of aromatic nitrogens is 2. The van der Waals surface area contributed by atoms with Gasteiger partial charge in [-0.2, -0.15) is 5.10 Å². The highest BCUT2D eigenvalue weighted by Gasteiger charge is 2.10. The first kappa shape index (κ1) is 16.8. The van der Waals surface area contributed by atoms with Gasteiger partial charge in [-0.25, -0.2) is 4.68 Å². The van der Waals surface area contributed by atoms with Crippen molar-refractivity contribution in [2.75, 3.05) is 0 Å². The molecule has 1 amide bonds. The topological polar surface area (TPSA) is 69.3 Å². The number of hydrogen-bond acceptors (Lipinski definition) is 4. The Morgan fingerprint density at radius 1 is 1.24 bits per heavy atom. The molecular formula is C19H21N3O3. The van der Waals surface area contributed by atoms with Crippen LogP contribution < -0.4 is 10.1 Å². The Bertz CT molecular complexity index is 805. The molecule has 0 bridgehead atoms. The first-order chi connectivity index (χ1) is 12.1. The van der Waals surface area contributed by atoms with E-state index in [0.717, 1.165) is 5.75 Å². The number of furan rings is 1. The number of carbonyl (C=O) groups is 1. The second-order valence-corrected chi connectivity index (χ2v) is 6.00. The molecule has 1 N–H and O–H groups in total. The lowest BCUT2D eigenvalue weighted by atomic mass is 10.0. The van der Waals surface area contributed by atoms with Crippen LogP contribution in [-0.2, 0) is 13.3 Å². The molecular weight excluding hydrogens is 318 g/mol. The zero-order chi connectivity index (χ0) is 17.6. The molecule has 130 valence electrons. The summed E-state index contributed by atoms with van der Waals surface area (Å²) in [5.74, 6) is 1.70. The second kappa shape index (κ2) is 7.70. The Morgan fingerprint density at radius 2 is 2.04 bits per heavy atom. The van der Waals surface area contributed by atoms with Crippen LogP contribution in [0.2, 0.25) is 0 Å². The van der Waals surface area contributed by atoms with Crippen LogP contribution >= 0.6 is 0 Å². The van der Waals surface area contributed by atoms with Crippen molar-refractivity contribution >= 4 is 5.91 Å². The Balaban J connectivity index is 1.51. The van der Waals surface area contributed by atoms with Crippen LogP contribution in [0.3, 0.4) is 0 Å². The molecule has 3 aromatic rings. The number of rotatable bonds is 7. The third-order valence-electron chi connectivity index (χ3n) is 3.79. The lowest BCUT2D eigenvalue weighted by molar-refractivity contribution is 0.0941. The van der Waals surface area contributed by atoms with Crippen molar-refractivity contribution < 1.29 is 13.9 Å². The van der Waals surface area contributed by atoms with Crippen molar-refractivity contribution in [1.29, 1.82) is 0 Å². The average Bonchev–Trinajstić information content (AvgIpc) is 3.30. The van der Waals surface area contributed by atoms with Gasteiger partial charge in [-0.05, 0) is 41.8 Å². The molecule has 25 heavy (non-hydrogen) atoms. The molecule has 0 atom stereocenters. The molecule has 0 radical (unpaired) electrons. The Labute approximate surface area is 146 Å². The first-order valence-corrected chi connectivity index (χ1v) is 8.18. The summed E-state index contributed by atoms with van der Waals surface area (Å²) in [5, 5.41) is 6.98. The van der Waals surface area contributed by atoms with E-state index in [0.29, 0.717) is 23.9 Å². The van der Waals surface area contributed by atoms with Gasteiger partial charge in [0.25, 0.3) is 5.91 Å². The summed E-state index contributed by atoms with van der Waals surface area (Å²) in [6, 6.07) is 13.2. The Morgan fingerprint density at radius 3 is 2.72 bits per heavy atom. The largest absolute Gasteiger partial charge is 0.471 e. The number of hydrogen-bond donors (Lipinski definition) is 1. The van der Waals surface area contributed by atoms with Gasteiger partial charge in [0.15, 0.2) is 6.73 Å². The van der Waals surface area contributed by atoms with Crippen LogP contribution in [0, 0.1) is 0 Å². The SMILES string of the molecule is CC(C)c1ccc(OCn2ccc(C(=O)NCc3ccco3)n2)cc1. The van der Waals surface area contributed by atoms with Gasteiger partial charge in [0, 0.05) is 6.20 Å². The van der Waals surface area contributed by atoms with E-state index >= 15 is 0 Å². The molecule has 0 aliphatic carbocycles. The van der Waals surface area contributed by atoms with Crippen molar-refractivity contribution in [1.82, 2.24) is 15.1 Å². The minimum atomic E-state index is -0.253. The van der Waals surface area contributed by atoms with Crippen molar-refractivity contribution in [3.8, 4) is 5.75 Å². The Kier molecular flexibility index (Phi) is 5.18. The number of amides is 1. The van der Waals surface area contributed by atoms with Crippen LogP contribution in [0.4, 0.5) is 0 Å². The van der Waals surface area contributed by atoms with Crippen LogP contribution in [0.1, 0.15) is 41.6 Å². The van der Waals surface area contributed by atoms with E-state index in [-0.39, 0.29) is 12.6 Å². The molecule has 6 nitrogen and oxygen atoms in total. The molecule has 0 saturated carbocycles. The monoisotopic (exact) mass is 339 g/mol. The number of benzene rings is 1. The van der Waals surface area contributed by atoms with Crippen molar-refractivity contribution in [3.05, 3.63) is 71.9 Å². The summed E-state index contributed by atoms with van der Waals surface area (Å²) in [7, 11) is 0. The summed E-state index contributed by atoms with van der Waals surface area (Å²) < 4.78 is 12.4. The summed E-state index contributed by atoms with van der Waals surface area (Å²) in [5.41, 5.74) is 1.60. The fourth-order valence-electron chi connectivity index (χ4n) is 2.32. The van der Waals surface area contributed by atoms with Gasteiger partial charge in [-0.3, -0.25) is 4.79 Å². The second-order valence-electron chi connectivity index (χ2n) is 6.00. The molecule has 0 unspecified atom stereocenters. The van der Waals surface area contributed by atoms with E-state index < -0.39 is 0 Å². The normalized spacial score (nSPS) is 10.8. The minimum absolute atomic E-state index is 0.243. The van der Waals surface area contributed by atoms with E-state index in [2.05, 4.69) is 36.4 Å². The minimum Gasteiger partial charge on any atom is -0.471 e. The van der Waals surface area contributed by atoms with Gasteiger partial charge in [0.2, 0.25) is 0 Å². The summed E-state index contributed by atoms with van der Waals surface area (Å²) in [6.45, 7) is 4.88. The zero-order valence-corrected chi connectivity index (χ0v) is 14.3. The lowest BCUT2D eigenvalue weighted by Crippen LogP contribution is -2.23. The number of carbonyl (C=O) groups excluding carboxylic acids is 1. The predicted octanol–water partition coefficient (Wildman–Crippen LogP) is 3.57. The molecule has 1 aromatic carbocycles. The fraction of sp³-hybridized carbons (Fsp3) is 0.263. The molecule has 0 fully saturated rings. The molecule has 0 spiro atoms. The summed E-state index contributed by atoms with van der Waals surface area (Å²) in [4.78, 5) is 12.1. The third kappa shape index (κ3) is 4.50. The van der Waals surface area contributed by atoms with E-state index in [1.54, 1.807) is 35.3 Å². The van der Waals surface area contributed by atoms with E-state index in [1.807, 2.05) is 12.1 Å². The predicted molar refractivity (Wildman–Crippen MR) is 93.3 cm³/mol. The highest BCUT2D eigenvalue weighted by atomic mass is 16.5. The van der Waals surface area contributed by atoms with Crippen LogP contribution in [0.15, 0.2) is 59.3 Å². The van der Waals surface area contributed by atoms with Gasteiger partial charge >= 0.3 is 0 Å². The fourth-order valence-corrected chi connectivity index (χ4v) is 2.32. The van der Waals surface area contributed by atoms with Crippen molar-refractivity contribution in [2.45, 2.75) is 33.0 Å². The maximum atomic E-state index is 12.1. The average molecular weight is 339 g/mol. The van der Waals surface area contributed by atoms with Crippen LogP contribution in [-0.4, -0.2) is 15.7 Å². The highest BCUT2D eigenvalue weighted by Crippen LogP contribution is 2.18. The van der Waals surface area contributed by atoms with Crippen molar-refractivity contribution in [3.63, 3.8) is 0 Å². The molecule has 0 saturated heterocycles. The summed E-state index contributed by atoms with van der Waals surface area (Å²) >= 11 is 0. The molecule has 2 heterocycles. The van der Waals surface area contributed by atoms with E-state index in [4.69, 9.17) is 9.15 Å². The molecule has 0 aliphatic heterocycles. The van der Waals surface area contributed by atoms with Crippen LogP contribution in [0.25, 0.3) is 0 Å². The van der Waals surface area contributed by atoms with E-state index in [1.165, 1.54) is 5.56 Å². The van der Waals surface area contributed by atoms with Gasteiger partial charge in [-0.1, -0.05) is 26.0 Å². The van der Waals surface area contributed by atoms with Gasteiger partial charge in [0.1, 0.15) is 17.2 Å². The van der Waals surface area contributed by atoms with Gasteiger partial charge in [0.05, 0.1) is 12.8 Å². The number of ether oxygens (including phenoxy) is 1. The first-order valence-electron chi connectivity index (χ1n) is 8.18. The number of nitrogens with one attached hydrogen (secondary N) is 1. The number of nitrogens with zero attached hydrogens (tertiary/aromatic N) is 2. The maximum Gasteiger partial charge on any atom is 0.272 e. The van der Waals surface area contributed by atoms with Crippen molar-refractivity contribution in [2.24, 2.45) is 0 Å². The lowest BCUT2D eigenvalue weighted by Gasteiger charge is -2.09. The smallest absolute Gasteiger partial charge is 0.272 e. The van der Waals surface area contributed by atoms with Gasteiger partial charge < -0.3 is 14.5 Å². The molecule has 2 aromatic heterocycles. The molecule has 3 rings (SSSR count). The Hall–Kier alpha value is -3.02. The third-order valence-corrected chi connectivity index (χ3v) is 3.79. The maximum absolute atomic E-state index is 12.1. The highest BCUT2D eigenvalue weighted by molar-refractivity contribution is 5.92. The quantitative estimate of drug-likeness (QED) is 0.714.